The summed E-state index contributed by atoms with van der Waals surface area (Å²) >= 11 is 0. The van der Waals surface area contributed by atoms with E-state index in [4.69, 9.17) is 4.74 Å². The number of nitrogens with one attached hydrogen (secondary N) is 2. The summed E-state index contributed by atoms with van der Waals surface area (Å²) in [5.74, 6) is -0.705. The summed E-state index contributed by atoms with van der Waals surface area (Å²) in [6.07, 6.45) is 1.66. The van der Waals surface area contributed by atoms with Crippen LogP contribution in [0.5, 0.6) is 0 Å². The van der Waals surface area contributed by atoms with Crippen LogP contribution in [0.15, 0.2) is 42.6 Å². The van der Waals surface area contributed by atoms with E-state index >= 15 is 0 Å². The second-order valence-corrected chi connectivity index (χ2v) is 4.66. The van der Waals surface area contributed by atoms with Gasteiger partial charge in [-0.05, 0) is 24.3 Å². The van der Waals surface area contributed by atoms with Crippen molar-refractivity contribution in [2.24, 2.45) is 0 Å². The lowest BCUT2D eigenvalue weighted by Crippen LogP contribution is -2.29. The number of pyridine rings is 2. The second kappa shape index (κ2) is 8.60. The lowest BCUT2D eigenvalue weighted by molar-refractivity contribution is 0.0930. The number of aromatic nitrogens is 2. The quantitative estimate of drug-likeness (QED) is 0.737. The van der Waals surface area contributed by atoms with Crippen LogP contribution in [-0.2, 0) is 11.3 Å². The Balaban J connectivity index is 1.95. The highest BCUT2D eigenvalue weighted by molar-refractivity contribution is 5.96. The van der Waals surface area contributed by atoms with Crippen LogP contribution in [0, 0.1) is 0 Å². The Bertz CT molecular complexity index is 661. The third-order valence-corrected chi connectivity index (χ3v) is 2.96. The molecule has 0 spiro atoms. The first kappa shape index (κ1) is 16.6. The smallest absolute Gasteiger partial charge is 0.270 e. The molecule has 23 heavy (non-hydrogen) atoms. The Kier molecular flexibility index (Phi) is 6.19. The van der Waals surface area contributed by atoms with Crippen LogP contribution in [0.3, 0.4) is 0 Å². The standard InChI is InChI=1S/C16H18N4O3/c1-23-10-9-18-15(21)13-6-4-7-14(20-13)16(22)19-11-12-5-2-3-8-17-12/h2-8H,9-11H2,1H3,(H,18,21)(H,19,22). The van der Waals surface area contributed by atoms with Crippen LogP contribution in [0.2, 0.25) is 0 Å². The van der Waals surface area contributed by atoms with E-state index in [9.17, 15) is 9.59 Å². The summed E-state index contributed by atoms with van der Waals surface area (Å²) in [5, 5.41) is 5.37. The molecule has 7 heteroatoms. The second-order valence-electron chi connectivity index (χ2n) is 4.66. The molecule has 0 aliphatic rings. The average Bonchev–Trinajstić information content (AvgIpc) is 2.61. The number of hydrogen-bond acceptors (Lipinski definition) is 5. The molecule has 7 nitrogen and oxygen atoms in total. The lowest BCUT2D eigenvalue weighted by atomic mass is 10.2. The number of ether oxygens (including phenoxy) is 1. The van der Waals surface area contributed by atoms with Crippen molar-refractivity contribution < 1.29 is 14.3 Å². The maximum atomic E-state index is 12.1. The number of amides is 2. The summed E-state index contributed by atoms with van der Waals surface area (Å²) in [6.45, 7) is 1.09. The van der Waals surface area contributed by atoms with Crippen LogP contribution in [0.4, 0.5) is 0 Å². The third kappa shape index (κ3) is 5.15. The molecule has 2 rings (SSSR count). The van der Waals surface area contributed by atoms with Crippen molar-refractivity contribution in [3.8, 4) is 0 Å². The van der Waals surface area contributed by atoms with Crippen LogP contribution in [-0.4, -0.2) is 42.0 Å². The molecular weight excluding hydrogens is 296 g/mol. The van der Waals surface area contributed by atoms with Gasteiger partial charge in [-0.2, -0.15) is 0 Å². The number of carbonyl (C=O) groups is 2. The number of rotatable bonds is 7. The lowest BCUT2D eigenvalue weighted by Gasteiger charge is -2.07. The van der Waals surface area contributed by atoms with Gasteiger partial charge in [0.2, 0.25) is 0 Å². The van der Waals surface area contributed by atoms with Gasteiger partial charge in [-0.3, -0.25) is 14.6 Å². The number of methoxy groups -OCH3 is 1. The molecule has 0 unspecified atom stereocenters. The van der Waals surface area contributed by atoms with Gasteiger partial charge in [-0.15, -0.1) is 0 Å². The van der Waals surface area contributed by atoms with E-state index in [0.717, 1.165) is 5.69 Å². The van der Waals surface area contributed by atoms with Crippen molar-refractivity contribution in [2.75, 3.05) is 20.3 Å². The highest BCUT2D eigenvalue weighted by Crippen LogP contribution is 2.01. The number of hydrogen-bond donors (Lipinski definition) is 2. The minimum atomic E-state index is -0.359. The Morgan fingerprint density at radius 1 is 1.04 bits per heavy atom. The summed E-state index contributed by atoms with van der Waals surface area (Å²) in [5.41, 5.74) is 1.11. The van der Waals surface area contributed by atoms with Gasteiger partial charge in [0.25, 0.3) is 11.8 Å². The molecule has 0 radical (unpaired) electrons. The van der Waals surface area contributed by atoms with Gasteiger partial charge >= 0.3 is 0 Å². The molecule has 2 amide bonds. The third-order valence-electron chi connectivity index (χ3n) is 2.96. The molecule has 2 aromatic heterocycles. The largest absolute Gasteiger partial charge is 0.383 e. The molecule has 120 valence electrons. The van der Waals surface area contributed by atoms with Crippen LogP contribution < -0.4 is 10.6 Å². The average molecular weight is 314 g/mol. The fourth-order valence-electron chi connectivity index (χ4n) is 1.81. The summed E-state index contributed by atoms with van der Waals surface area (Å²) in [7, 11) is 1.55. The van der Waals surface area contributed by atoms with Gasteiger partial charge in [0, 0.05) is 19.9 Å². The molecule has 2 N–H and O–H groups in total. The Labute approximate surface area is 134 Å². The molecule has 0 saturated heterocycles. The highest BCUT2D eigenvalue weighted by atomic mass is 16.5. The normalized spacial score (nSPS) is 10.1. The summed E-state index contributed by atoms with van der Waals surface area (Å²) in [6, 6.07) is 10.2. The molecule has 0 bridgehead atoms. The Morgan fingerprint density at radius 2 is 1.78 bits per heavy atom. The molecule has 0 aliphatic carbocycles. The van der Waals surface area contributed by atoms with Gasteiger partial charge in [0.05, 0.1) is 18.8 Å². The number of nitrogens with zero attached hydrogens (tertiary/aromatic N) is 2. The molecule has 2 aromatic rings. The van der Waals surface area contributed by atoms with E-state index in [1.165, 1.54) is 0 Å². The highest BCUT2D eigenvalue weighted by Gasteiger charge is 2.12. The molecule has 0 aromatic carbocycles. The zero-order valence-electron chi connectivity index (χ0n) is 12.8. The Hall–Kier alpha value is -2.80. The van der Waals surface area contributed by atoms with Crippen molar-refractivity contribution in [3.05, 3.63) is 59.7 Å². The first-order valence-corrected chi connectivity index (χ1v) is 7.13. The van der Waals surface area contributed by atoms with Crippen LogP contribution in [0.1, 0.15) is 26.7 Å². The van der Waals surface area contributed by atoms with Crippen LogP contribution >= 0.6 is 0 Å². The predicted molar refractivity (Wildman–Crippen MR) is 83.9 cm³/mol. The molecule has 0 atom stereocenters. The van der Waals surface area contributed by atoms with E-state index in [1.807, 2.05) is 12.1 Å². The molecule has 0 aliphatic heterocycles. The van der Waals surface area contributed by atoms with E-state index in [-0.39, 0.29) is 23.2 Å². The van der Waals surface area contributed by atoms with Crippen molar-refractivity contribution in [1.82, 2.24) is 20.6 Å². The molecule has 0 fully saturated rings. The van der Waals surface area contributed by atoms with E-state index < -0.39 is 0 Å². The monoisotopic (exact) mass is 314 g/mol. The van der Waals surface area contributed by atoms with Crippen LogP contribution in [0.25, 0.3) is 0 Å². The first-order chi connectivity index (χ1) is 11.2. The predicted octanol–water partition coefficient (Wildman–Crippen LogP) is 0.783. The maximum Gasteiger partial charge on any atom is 0.270 e. The van der Waals surface area contributed by atoms with Crippen molar-refractivity contribution in [1.29, 1.82) is 0 Å². The van der Waals surface area contributed by atoms with Crippen molar-refractivity contribution in [3.63, 3.8) is 0 Å². The van der Waals surface area contributed by atoms with E-state index in [1.54, 1.807) is 37.6 Å². The molecule has 0 saturated carbocycles. The van der Waals surface area contributed by atoms with E-state index in [2.05, 4.69) is 20.6 Å². The zero-order chi connectivity index (χ0) is 16.5. The van der Waals surface area contributed by atoms with Gasteiger partial charge in [0.15, 0.2) is 0 Å². The van der Waals surface area contributed by atoms with Crippen molar-refractivity contribution >= 4 is 11.8 Å². The fraction of sp³-hybridized carbons (Fsp3) is 0.250. The Morgan fingerprint density at radius 3 is 2.43 bits per heavy atom. The van der Waals surface area contributed by atoms with Gasteiger partial charge in [0.1, 0.15) is 11.4 Å². The maximum absolute atomic E-state index is 12.1. The number of carbonyl (C=O) groups excluding carboxylic acids is 2. The van der Waals surface area contributed by atoms with Gasteiger partial charge in [-0.25, -0.2) is 4.98 Å². The molecule has 2 heterocycles. The summed E-state index contributed by atoms with van der Waals surface area (Å²) in [4.78, 5) is 32.2. The van der Waals surface area contributed by atoms with Crippen molar-refractivity contribution in [2.45, 2.75) is 6.54 Å². The molecular formula is C16H18N4O3. The van der Waals surface area contributed by atoms with Gasteiger partial charge in [-0.1, -0.05) is 12.1 Å². The van der Waals surface area contributed by atoms with E-state index in [0.29, 0.717) is 19.7 Å². The topological polar surface area (TPSA) is 93.2 Å². The van der Waals surface area contributed by atoms with Gasteiger partial charge < -0.3 is 15.4 Å². The minimum absolute atomic E-state index is 0.181. The summed E-state index contributed by atoms with van der Waals surface area (Å²) < 4.78 is 4.86. The first-order valence-electron chi connectivity index (χ1n) is 7.13. The minimum Gasteiger partial charge on any atom is -0.383 e. The SMILES string of the molecule is COCCNC(=O)c1cccc(C(=O)NCc2ccccn2)n1. The fourth-order valence-corrected chi connectivity index (χ4v) is 1.81. The zero-order valence-corrected chi connectivity index (χ0v) is 12.8.